The Morgan fingerprint density at radius 3 is 2.38 bits per heavy atom. The summed E-state index contributed by atoms with van der Waals surface area (Å²) in [7, 11) is 0. The van der Waals surface area contributed by atoms with E-state index in [1.165, 1.54) is 6.07 Å². The fraction of sp³-hybridized carbons (Fsp3) is 0.0667. The van der Waals surface area contributed by atoms with Crippen molar-refractivity contribution < 1.29 is 14.0 Å². The van der Waals surface area contributed by atoms with Gasteiger partial charge in [-0.05, 0) is 35.9 Å². The summed E-state index contributed by atoms with van der Waals surface area (Å²) in [6.07, 6.45) is 0.137. The van der Waals surface area contributed by atoms with Crippen LogP contribution in [0.3, 0.4) is 0 Å². The van der Waals surface area contributed by atoms with Gasteiger partial charge in [0.2, 0.25) is 5.91 Å². The number of halogens is 2. The third-order valence-electron chi connectivity index (χ3n) is 2.77. The molecule has 4 nitrogen and oxygen atoms in total. The molecule has 0 aliphatic carbocycles. The van der Waals surface area contributed by atoms with E-state index in [1.54, 1.807) is 24.3 Å². The number of carbonyl (C=O) groups is 2. The standard InChI is InChI=1S/C15H12ClFN2O2/c16-13-8-10(17)3-6-12(13)15(21)19-11-4-1-9(2-5-11)7-14(18)20/h1-6,8H,7H2,(H2,18,20)(H,19,21). The zero-order valence-electron chi connectivity index (χ0n) is 10.9. The minimum absolute atomic E-state index is 0.0397. The van der Waals surface area contributed by atoms with Gasteiger partial charge in [0, 0.05) is 5.69 Å². The first-order valence-corrected chi connectivity index (χ1v) is 6.47. The largest absolute Gasteiger partial charge is 0.369 e. The second-order valence-corrected chi connectivity index (χ2v) is 4.83. The predicted octanol–water partition coefficient (Wildman–Crippen LogP) is 2.76. The van der Waals surface area contributed by atoms with Gasteiger partial charge < -0.3 is 11.1 Å². The van der Waals surface area contributed by atoms with Crippen LogP contribution in [0, 0.1) is 5.82 Å². The van der Waals surface area contributed by atoms with E-state index >= 15 is 0 Å². The molecule has 0 radical (unpaired) electrons. The van der Waals surface area contributed by atoms with Crippen molar-refractivity contribution in [2.45, 2.75) is 6.42 Å². The molecule has 2 amide bonds. The highest BCUT2D eigenvalue weighted by molar-refractivity contribution is 6.34. The summed E-state index contributed by atoms with van der Waals surface area (Å²) in [5, 5.41) is 2.68. The fourth-order valence-corrected chi connectivity index (χ4v) is 2.03. The van der Waals surface area contributed by atoms with Crippen molar-refractivity contribution in [1.82, 2.24) is 0 Å². The third-order valence-corrected chi connectivity index (χ3v) is 3.08. The van der Waals surface area contributed by atoms with Crippen molar-refractivity contribution in [1.29, 1.82) is 0 Å². The number of primary amides is 1. The molecule has 0 unspecified atom stereocenters. The van der Waals surface area contributed by atoms with Gasteiger partial charge in [-0.25, -0.2) is 4.39 Å². The van der Waals surface area contributed by atoms with E-state index in [0.29, 0.717) is 5.69 Å². The molecule has 0 aliphatic heterocycles. The maximum atomic E-state index is 12.9. The first-order valence-electron chi connectivity index (χ1n) is 6.09. The van der Waals surface area contributed by atoms with E-state index < -0.39 is 17.6 Å². The summed E-state index contributed by atoms with van der Waals surface area (Å²) in [4.78, 5) is 22.8. The van der Waals surface area contributed by atoms with Crippen molar-refractivity contribution in [2.24, 2.45) is 5.73 Å². The summed E-state index contributed by atoms with van der Waals surface area (Å²) < 4.78 is 12.9. The quantitative estimate of drug-likeness (QED) is 0.911. The van der Waals surface area contributed by atoms with Crippen molar-refractivity contribution >= 4 is 29.1 Å². The molecule has 0 saturated carbocycles. The van der Waals surface area contributed by atoms with Gasteiger partial charge in [-0.3, -0.25) is 9.59 Å². The van der Waals surface area contributed by atoms with Gasteiger partial charge in [0.15, 0.2) is 0 Å². The molecular formula is C15H12ClFN2O2. The Balaban J connectivity index is 2.10. The van der Waals surface area contributed by atoms with Crippen molar-refractivity contribution in [2.75, 3.05) is 5.32 Å². The van der Waals surface area contributed by atoms with Gasteiger partial charge in [-0.1, -0.05) is 23.7 Å². The highest BCUT2D eigenvalue weighted by Crippen LogP contribution is 2.19. The molecule has 2 aromatic rings. The first kappa shape index (κ1) is 15.0. The number of rotatable bonds is 4. The minimum Gasteiger partial charge on any atom is -0.369 e. The van der Waals surface area contributed by atoms with Crippen LogP contribution in [0.5, 0.6) is 0 Å². The summed E-state index contributed by atoms with van der Waals surface area (Å²) in [5.74, 6) is -1.38. The summed E-state index contributed by atoms with van der Waals surface area (Å²) in [6.45, 7) is 0. The zero-order valence-corrected chi connectivity index (χ0v) is 11.7. The Hall–Kier alpha value is -2.40. The van der Waals surface area contributed by atoms with E-state index in [2.05, 4.69) is 5.32 Å². The normalized spacial score (nSPS) is 10.2. The molecule has 0 bridgehead atoms. The molecule has 108 valence electrons. The topological polar surface area (TPSA) is 72.2 Å². The Morgan fingerprint density at radius 1 is 1.14 bits per heavy atom. The SMILES string of the molecule is NC(=O)Cc1ccc(NC(=O)c2ccc(F)cc2Cl)cc1. The number of anilines is 1. The number of nitrogens with one attached hydrogen (secondary N) is 1. The molecule has 0 aliphatic rings. The Morgan fingerprint density at radius 2 is 1.81 bits per heavy atom. The van der Waals surface area contributed by atoms with Crippen LogP contribution in [-0.4, -0.2) is 11.8 Å². The van der Waals surface area contributed by atoms with Crippen LogP contribution in [-0.2, 0) is 11.2 Å². The zero-order chi connectivity index (χ0) is 15.4. The lowest BCUT2D eigenvalue weighted by atomic mass is 10.1. The second kappa shape index (κ2) is 6.37. The van der Waals surface area contributed by atoms with Gasteiger partial charge in [-0.15, -0.1) is 0 Å². The lowest BCUT2D eigenvalue weighted by Gasteiger charge is -2.07. The lowest BCUT2D eigenvalue weighted by molar-refractivity contribution is -0.117. The average Bonchev–Trinajstić information content (AvgIpc) is 2.40. The lowest BCUT2D eigenvalue weighted by Crippen LogP contribution is -2.14. The molecule has 0 spiro atoms. The molecule has 2 rings (SSSR count). The molecule has 0 saturated heterocycles. The van der Waals surface area contributed by atoms with Crippen LogP contribution >= 0.6 is 11.6 Å². The summed E-state index contributed by atoms with van der Waals surface area (Å²) in [6, 6.07) is 10.2. The average molecular weight is 307 g/mol. The van der Waals surface area contributed by atoms with Crippen LogP contribution in [0.15, 0.2) is 42.5 Å². The van der Waals surface area contributed by atoms with E-state index in [4.69, 9.17) is 17.3 Å². The van der Waals surface area contributed by atoms with E-state index in [-0.39, 0.29) is 17.0 Å². The molecule has 21 heavy (non-hydrogen) atoms. The van der Waals surface area contributed by atoms with Gasteiger partial charge in [0.25, 0.3) is 5.91 Å². The molecule has 0 aromatic heterocycles. The maximum Gasteiger partial charge on any atom is 0.257 e. The highest BCUT2D eigenvalue weighted by atomic mass is 35.5. The fourth-order valence-electron chi connectivity index (χ4n) is 1.78. The molecule has 0 atom stereocenters. The van der Waals surface area contributed by atoms with E-state index in [0.717, 1.165) is 17.7 Å². The Kier molecular flexibility index (Phi) is 4.55. The second-order valence-electron chi connectivity index (χ2n) is 4.42. The van der Waals surface area contributed by atoms with Crippen molar-refractivity contribution in [3.63, 3.8) is 0 Å². The summed E-state index contributed by atoms with van der Waals surface area (Å²) >= 11 is 5.82. The van der Waals surface area contributed by atoms with Gasteiger partial charge in [0.1, 0.15) is 5.82 Å². The number of carbonyl (C=O) groups excluding carboxylic acids is 2. The molecular weight excluding hydrogens is 295 g/mol. The van der Waals surface area contributed by atoms with Crippen LogP contribution < -0.4 is 11.1 Å². The van der Waals surface area contributed by atoms with Crippen molar-refractivity contribution in [3.8, 4) is 0 Å². The Labute approximate surface area is 125 Å². The van der Waals surface area contributed by atoms with Crippen molar-refractivity contribution in [3.05, 3.63) is 64.4 Å². The van der Waals surface area contributed by atoms with Gasteiger partial charge >= 0.3 is 0 Å². The van der Waals surface area contributed by atoms with Crippen LogP contribution in [0.4, 0.5) is 10.1 Å². The van der Waals surface area contributed by atoms with Gasteiger partial charge in [0.05, 0.1) is 17.0 Å². The van der Waals surface area contributed by atoms with E-state index in [9.17, 15) is 14.0 Å². The molecule has 6 heteroatoms. The molecule has 3 N–H and O–H groups in total. The third kappa shape index (κ3) is 4.03. The highest BCUT2D eigenvalue weighted by Gasteiger charge is 2.11. The number of hydrogen-bond acceptors (Lipinski definition) is 2. The number of nitrogens with two attached hydrogens (primary N) is 1. The van der Waals surface area contributed by atoms with Crippen LogP contribution in [0.25, 0.3) is 0 Å². The first-order chi connectivity index (χ1) is 9.95. The maximum absolute atomic E-state index is 12.9. The summed E-state index contributed by atoms with van der Waals surface area (Å²) in [5.41, 5.74) is 6.56. The predicted molar refractivity (Wildman–Crippen MR) is 78.7 cm³/mol. The monoisotopic (exact) mass is 306 g/mol. The number of amides is 2. The molecule has 2 aromatic carbocycles. The van der Waals surface area contributed by atoms with Gasteiger partial charge in [-0.2, -0.15) is 0 Å². The minimum atomic E-state index is -0.507. The van der Waals surface area contributed by atoms with E-state index in [1.807, 2.05) is 0 Å². The smallest absolute Gasteiger partial charge is 0.257 e. The molecule has 0 fully saturated rings. The molecule has 0 heterocycles. The Bertz CT molecular complexity index is 687. The number of benzene rings is 2. The van der Waals surface area contributed by atoms with Crippen LogP contribution in [0.2, 0.25) is 5.02 Å². The van der Waals surface area contributed by atoms with Crippen LogP contribution in [0.1, 0.15) is 15.9 Å². The number of hydrogen-bond donors (Lipinski definition) is 2.